The van der Waals surface area contributed by atoms with E-state index in [1.807, 2.05) is 24.3 Å². The van der Waals surface area contributed by atoms with Crippen LogP contribution >= 0.6 is 0 Å². The molecule has 2 aromatic rings. The number of carboxylic acid groups (broad SMARTS) is 1. The van der Waals surface area contributed by atoms with Crippen LogP contribution < -0.4 is 11.1 Å². The number of amides is 1. The average Bonchev–Trinajstić information content (AvgIpc) is 2.79. The van der Waals surface area contributed by atoms with E-state index in [9.17, 15) is 9.59 Å². The number of aromatic amines is 1. The van der Waals surface area contributed by atoms with Crippen molar-refractivity contribution < 1.29 is 14.7 Å². The maximum Gasteiger partial charge on any atom is 0.322 e. The van der Waals surface area contributed by atoms with Crippen LogP contribution in [0.4, 0.5) is 0 Å². The molecule has 1 aromatic heterocycles. The minimum absolute atomic E-state index is 0.103. The number of carbonyl (C=O) groups is 2. The fourth-order valence-corrected chi connectivity index (χ4v) is 1.64. The number of hydrogen-bond acceptors (Lipinski definition) is 3. The van der Waals surface area contributed by atoms with E-state index >= 15 is 0 Å². The van der Waals surface area contributed by atoms with Gasteiger partial charge in [0.1, 0.15) is 6.04 Å². The number of aromatic nitrogens is 1. The fourth-order valence-electron chi connectivity index (χ4n) is 1.64. The Kier molecular flexibility index (Phi) is 3.29. The molecule has 1 aromatic carbocycles. The molecular weight excluding hydrogens is 234 g/mol. The molecule has 0 spiro atoms. The molecule has 0 bridgehead atoms. The maximum absolute atomic E-state index is 11.9. The van der Waals surface area contributed by atoms with Crippen molar-refractivity contribution in [2.45, 2.75) is 6.04 Å². The van der Waals surface area contributed by atoms with Gasteiger partial charge >= 0.3 is 5.97 Å². The summed E-state index contributed by atoms with van der Waals surface area (Å²) in [6.45, 7) is -0.103. The van der Waals surface area contributed by atoms with Crippen LogP contribution in [0.1, 0.15) is 10.4 Å². The van der Waals surface area contributed by atoms with E-state index in [0.717, 1.165) is 10.9 Å². The highest BCUT2D eigenvalue weighted by molar-refractivity contribution is 6.06. The molecule has 2 rings (SSSR count). The lowest BCUT2D eigenvalue weighted by molar-refractivity contribution is -0.138. The number of aliphatic carboxylic acids is 1. The van der Waals surface area contributed by atoms with Crippen molar-refractivity contribution in [1.82, 2.24) is 10.3 Å². The van der Waals surface area contributed by atoms with Crippen LogP contribution in [0.2, 0.25) is 0 Å². The molecule has 0 aliphatic heterocycles. The molecule has 5 N–H and O–H groups in total. The van der Waals surface area contributed by atoms with Crippen molar-refractivity contribution in [3.63, 3.8) is 0 Å². The van der Waals surface area contributed by atoms with Crippen molar-refractivity contribution in [3.05, 3.63) is 36.0 Å². The number of benzene rings is 1. The van der Waals surface area contributed by atoms with Crippen LogP contribution in [0.3, 0.4) is 0 Å². The number of nitrogens with one attached hydrogen (secondary N) is 2. The quantitative estimate of drug-likeness (QED) is 0.623. The second kappa shape index (κ2) is 4.89. The van der Waals surface area contributed by atoms with Crippen LogP contribution in [0, 0.1) is 0 Å². The van der Waals surface area contributed by atoms with Crippen molar-refractivity contribution in [1.29, 1.82) is 0 Å². The third-order valence-electron chi connectivity index (χ3n) is 2.63. The first-order valence-electron chi connectivity index (χ1n) is 5.42. The summed E-state index contributed by atoms with van der Waals surface area (Å²) in [4.78, 5) is 25.4. The first-order valence-corrected chi connectivity index (χ1v) is 5.42. The molecule has 18 heavy (non-hydrogen) atoms. The summed E-state index contributed by atoms with van der Waals surface area (Å²) in [5.74, 6) is -1.49. The zero-order valence-corrected chi connectivity index (χ0v) is 9.51. The van der Waals surface area contributed by atoms with E-state index < -0.39 is 12.0 Å². The molecule has 0 radical (unpaired) electrons. The Labute approximate surface area is 103 Å². The topological polar surface area (TPSA) is 108 Å². The summed E-state index contributed by atoms with van der Waals surface area (Å²) in [5.41, 5.74) is 6.64. The minimum atomic E-state index is -1.14. The van der Waals surface area contributed by atoms with Gasteiger partial charge in [0.15, 0.2) is 0 Å². The highest BCUT2D eigenvalue weighted by atomic mass is 16.4. The molecule has 1 heterocycles. The summed E-state index contributed by atoms with van der Waals surface area (Å²) < 4.78 is 0. The average molecular weight is 247 g/mol. The fraction of sp³-hybridized carbons (Fsp3) is 0.167. The number of carbonyl (C=O) groups excluding carboxylic acids is 1. The molecule has 0 fully saturated rings. The lowest BCUT2D eigenvalue weighted by Crippen LogP contribution is -2.42. The van der Waals surface area contributed by atoms with Gasteiger partial charge in [0.25, 0.3) is 5.91 Å². The summed E-state index contributed by atoms with van der Waals surface area (Å²) in [5, 5.41) is 11.9. The van der Waals surface area contributed by atoms with Gasteiger partial charge in [0.2, 0.25) is 0 Å². The van der Waals surface area contributed by atoms with Crippen LogP contribution in [-0.4, -0.2) is 34.6 Å². The van der Waals surface area contributed by atoms with Gasteiger partial charge in [-0.15, -0.1) is 0 Å². The van der Waals surface area contributed by atoms with Gasteiger partial charge in [0.05, 0.1) is 5.56 Å². The second-order valence-electron chi connectivity index (χ2n) is 3.90. The summed E-state index contributed by atoms with van der Waals surface area (Å²) >= 11 is 0. The zero-order valence-electron chi connectivity index (χ0n) is 9.51. The lowest BCUT2D eigenvalue weighted by Gasteiger charge is -2.07. The van der Waals surface area contributed by atoms with Gasteiger partial charge in [0, 0.05) is 23.6 Å². The predicted octanol–water partition coefficient (Wildman–Crippen LogP) is 0.310. The Morgan fingerprint density at radius 1 is 1.39 bits per heavy atom. The second-order valence-corrected chi connectivity index (χ2v) is 3.90. The SMILES string of the molecule is NC(CNC(=O)c1c[nH]c2ccccc12)C(=O)O. The maximum atomic E-state index is 11.9. The highest BCUT2D eigenvalue weighted by Crippen LogP contribution is 2.17. The largest absolute Gasteiger partial charge is 0.480 e. The van der Waals surface area contributed by atoms with E-state index in [1.54, 1.807) is 6.20 Å². The van der Waals surface area contributed by atoms with E-state index in [4.69, 9.17) is 10.8 Å². The van der Waals surface area contributed by atoms with Gasteiger partial charge in [-0.2, -0.15) is 0 Å². The third-order valence-corrected chi connectivity index (χ3v) is 2.63. The Hall–Kier alpha value is -2.34. The number of H-pyrrole nitrogens is 1. The standard InChI is InChI=1S/C12H13N3O3/c13-9(12(17)18)6-15-11(16)8-5-14-10-4-2-1-3-7(8)10/h1-5,9,14H,6,13H2,(H,15,16)(H,17,18). The number of fused-ring (bicyclic) bond motifs is 1. The number of nitrogens with two attached hydrogens (primary N) is 1. The van der Waals surface area contributed by atoms with Crippen LogP contribution in [0.5, 0.6) is 0 Å². The van der Waals surface area contributed by atoms with Gasteiger partial charge in [-0.1, -0.05) is 18.2 Å². The van der Waals surface area contributed by atoms with Gasteiger partial charge in [-0.05, 0) is 6.07 Å². The summed E-state index contributed by atoms with van der Waals surface area (Å²) in [6, 6.07) is 6.27. The molecule has 1 atom stereocenters. The molecule has 0 saturated carbocycles. The van der Waals surface area contributed by atoms with Crippen molar-refractivity contribution >= 4 is 22.8 Å². The number of hydrogen-bond donors (Lipinski definition) is 4. The van der Waals surface area contributed by atoms with E-state index in [2.05, 4.69) is 10.3 Å². The molecule has 0 saturated heterocycles. The number of rotatable bonds is 4. The van der Waals surface area contributed by atoms with Crippen LogP contribution in [0.15, 0.2) is 30.5 Å². The Morgan fingerprint density at radius 2 is 2.11 bits per heavy atom. The molecule has 6 nitrogen and oxygen atoms in total. The third kappa shape index (κ3) is 2.33. The van der Waals surface area contributed by atoms with Crippen molar-refractivity contribution in [2.75, 3.05) is 6.54 Å². The Bertz CT molecular complexity index is 591. The zero-order chi connectivity index (χ0) is 13.1. The lowest BCUT2D eigenvalue weighted by atomic mass is 10.1. The molecule has 0 aliphatic rings. The molecular formula is C12H13N3O3. The summed E-state index contributed by atoms with van der Waals surface area (Å²) in [7, 11) is 0. The van der Waals surface area contributed by atoms with Gasteiger partial charge < -0.3 is 21.1 Å². The number of carboxylic acids is 1. The first-order chi connectivity index (χ1) is 8.59. The van der Waals surface area contributed by atoms with Crippen molar-refractivity contribution in [2.24, 2.45) is 5.73 Å². The van der Waals surface area contributed by atoms with Crippen molar-refractivity contribution in [3.8, 4) is 0 Å². The van der Waals surface area contributed by atoms with Gasteiger partial charge in [-0.3, -0.25) is 9.59 Å². The molecule has 6 heteroatoms. The number of para-hydroxylation sites is 1. The molecule has 94 valence electrons. The smallest absolute Gasteiger partial charge is 0.322 e. The van der Waals surface area contributed by atoms with Crippen LogP contribution in [-0.2, 0) is 4.79 Å². The first kappa shape index (κ1) is 12.1. The molecule has 1 unspecified atom stereocenters. The van der Waals surface area contributed by atoms with Gasteiger partial charge in [-0.25, -0.2) is 0 Å². The Balaban J connectivity index is 2.12. The highest BCUT2D eigenvalue weighted by Gasteiger charge is 2.15. The summed E-state index contributed by atoms with van der Waals surface area (Å²) in [6.07, 6.45) is 1.59. The Morgan fingerprint density at radius 3 is 2.83 bits per heavy atom. The predicted molar refractivity (Wildman–Crippen MR) is 66.2 cm³/mol. The van der Waals surface area contributed by atoms with E-state index in [0.29, 0.717) is 5.56 Å². The van der Waals surface area contributed by atoms with E-state index in [-0.39, 0.29) is 12.5 Å². The minimum Gasteiger partial charge on any atom is -0.480 e. The van der Waals surface area contributed by atoms with E-state index in [1.165, 1.54) is 0 Å². The normalized spacial score (nSPS) is 12.3. The monoisotopic (exact) mass is 247 g/mol. The molecule has 0 aliphatic carbocycles. The molecule has 1 amide bonds. The van der Waals surface area contributed by atoms with Crippen LogP contribution in [0.25, 0.3) is 10.9 Å².